The number of nitrogens with zero attached hydrogens (tertiary/aromatic N) is 3. The highest BCUT2D eigenvalue weighted by Gasteiger charge is 2.12. The number of hydrogen-bond acceptors (Lipinski definition) is 5. The summed E-state index contributed by atoms with van der Waals surface area (Å²) in [5.41, 5.74) is 3.78. The Morgan fingerprint density at radius 3 is 3.07 bits per heavy atom. The SMILES string of the molecule is [c]1nc2ccc(N3CCOCC3)nc2s1. The molecule has 0 aromatic carbocycles. The number of pyridine rings is 1. The van der Waals surface area contributed by atoms with E-state index in [0.717, 1.165) is 42.5 Å². The van der Waals surface area contributed by atoms with Crippen molar-refractivity contribution in [3.05, 3.63) is 17.6 Å². The average molecular weight is 220 g/mol. The minimum absolute atomic E-state index is 0.786. The van der Waals surface area contributed by atoms with Gasteiger partial charge in [0, 0.05) is 13.1 Å². The van der Waals surface area contributed by atoms with Crippen LogP contribution in [0.4, 0.5) is 5.82 Å². The van der Waals surface area contributed by atoms with E-state index in [1.54, 1.807) is 0 Å². The van der Waals surface area contributed by atoms with E-state index in [1.165, 1.54) is 11.3 Å². The fraction of sp³-hybridized carbons (Fsp3) is 0.400. The molecule has 1 saturated heterocycles. The van der Waals surface area contributed by atoms with E-state index in [9.17, 15) is 0 Å². The Kier molecular flexibility index (Phi) is 2.26. The van der Waals surface area contributed by atoms with Crippen molar-refractivity contribution >= 4 is 27.5 Å². The number of rotatable bonds is 1. The van der Waals surface area contributed by atoms with E-state index < -0.39 is 0 Å². The molecule has 15 heavy (non-hydrogen) atoms. The lowest BCUT2D eigenvalue weighted by molar-refractivity contribution is 0.122. The van der Waals surface area contributed by atoms with Crippen molar-refractivity contribution in [3.8, 4) is 0 Å². The number of anilines is 1. The maximum atomic E-state index is 5.31. The normalized spacial score (nSPS) is 17.2. The first-order chi connectivity index (χ1) is 7.43. The van der Waals surface area contributed by atoms with Crippen LogP contribution in [0.15, 0.2) is 12.1 Å². The van der Waals surface area contributed by atoms with Gasteiger partial charge in [0.15, 0.2) is 5.51 Å². The Balaban J connectivity index is 1.95. The van der Waals surface area contributed by atoms with Gasteiger partial charge in [0.2, 0.25) is 0 Å². The lowest BCUT2D eigenvalue weighted by atomic mass is 10.3. The van der Waals surface area contributed by atoms with E-state index in [1.807, 2.05) is 12.1 Å². The molecule has 1 aliphatic rings. The highest BCUT2D eigenvalue weighted by molar-refractivity contribution is 7.15. The monoisotopic (exact) mass is 220 g/mol. The van der Waals surface area contributed by atoms with Gasteiger partial charge in [-0.05, 0) is 12.1 Å². The van der Waals surface area contributed by atoms with Crippen LogP contribution in [0.5, 0.6) is 0 Å². The van der Waals surface area contributed by atoms with Crippen LogP contribution in [0.1, 0.15) is 0 Å². The largest absolute Gasteiger partial charge is 0.378 e. The van der Waals surface area contributed by atoms with Crippen molar-refractivity contribution in [1.29, 1.82) is 0 Å². The molecule has 0 aliphatic carbocycles. The summed E-state index contributed by atoms with van der Waals surface area (Å²) in [5.74, 6) is 1.02. The topological polar surface area (TPSA) is 38.2 Å². The molecule has 0 spiro atoms. The minimum Gasteiger partial charge on any atom is -0.378 e. The van der Waals surface area contributed by atoms with Crippen LogP contribution in [0, 0.1) is 5.51 Å². The third-order valence-corrected chi connectivity index (χ3v) is 3.15. The minimum atomic E-state index is 0.786. The van der Waals surface area contributed by atoms with Crippen molar-refractivity contribution in [3.63, 3.8) is 0 Å². The van der Waals surface area contributed by atoms with Gasteiger partial charge in [0.25, 0.3) is 0 Å². The second-order valence-electron chi connectivity index (χ2n) is 3.40. The van der Waals surface area contributed by atoms with Crippen LogP contribution < -0.4 is 4.90 Å². The summed E-state index contributed by atoms with van der Waals surface area (Å²) in [5, 5.41) is 0. The molecule has 0 N–H and O–H groups in total. The molecule has 3 heterocycles. The van der Waals surface area contributed by atoms with Crippen LogP contribution in [0.2, 0.25) is 0 Å². The van der Waals surface area contributed by atoms with Gasteiger partial charge >= 0.3 is 0 Å². The number of hydrogen-bond donors (Lipinski definition) is 0. The zero-order chi connectivity index (χ0) is 10.1. The molecule has 1 fully saturated rings. The first kappa shape index (κ1) is 9.06. The summed E-state index contributed by atoms with van der Waals surface area (Å²) in [6, 6.07) is 4.02. The van der Waals surface area contributed by atoms with Crippen molar-refractivity contribution in [2.24, 2.45) is 0 Å². The zero-order valence-corrected chi connectivity index (χ0v) is 8.96. The molecule has 77 valence electrons. The van der Waals surface area contributed by atoms with Gasteiger partial charge in [0.05, 0.1) is 13.2 Å². The van der Waals surface area contributed by atoms with Gasteiger partial charge in [-0.15, -0.1) is 0 Å². The smallest absolute Gasteiger partial charge is 0.155 e. The molecule has 1 aliphatic heterocycles. The number of ether oxygens (including phenoxy) is 1. The van der Waals surface area contributed by atoms with Gasteiger partial charge in [-0.3, -0.25) is 0 Å². The number of fused-ring (bicyclic) bond motifs is 1. The summed E-state index contributed by atoms with van der Waals surface area (Å²) >= 11 is 1.46. The number of thiazole rings is 1. The van der Waals surface area contributed by atoms with Crippen molar-refractivity contribution in [1.82, 2.24) is 9.97 Å². The Morgan fingerprint density at radius 1 is 1.33 bits per heavy atom. The third kappa shape index (κ3) is 1.68. The molecule has 5 heteroatoms. The summed E-state index contributed by atoms with van der Waals surface area (Å²) in [4.78, 5) is 11.8. The Morgan fingerprint density at radius 2 is 2.20 bits per heavy atom. The highest BCUT2D eigenvalue weighted by Crippen LogP contribution is 2.20. The lowest BCUT2D eigenvalue weighted by Crippen LogP contribution is -2.36. The highest BCUT2D eigenvalue weighted by atomic mass is 32.1. The second kappa shape index (κ2) is 3.75. The molecular formula is C10H10N3OS. The third-order valence-electron chi connectivity index (χ3n) is 2.47. The van der Waals surface area contributed by atoms with Gasteiger partial charge in [0.1, 0.15) is 16.2 Å². The summed E-state index contributed by atoms with van der Waals surface area (Å²) in [6.07, 6.45) is 0. The zero-order valence-electron chi connectivity index (χ0n) is 8.14. The molecule has 2 aromatic rings. The molecule has 2 aromatic heterocycles. The van der Waals surface area contributed by atoms with Crippen LogP contribution in [-0.2, 0) is 4.74 Å². The summed E-state index contributed by atoms with van der Waals surface area (Å²) in [7, 11) is 0. The quantitative estimate of drug-likeness (QED) is 0.726. The second-order valence-corrected chi connectivity index (χ2v) is 4.17. The molecule has 1 radical (unpaired) electrons. The van der Waals surface area contributed by atoms with Gasteiger partial charge in [-0.1, -0.05) is 11.3 Å². The maximum absolute atomic E-state index is 5.31. The molecular weight excluding hydrogens is 210 g/mol. The molecule has 0 amide bonds. The standard InChI is InChI=1S/C10H10N3OS/c1-2-9(13-3-5-14-6-4-13)12-10-8(1)11-7-15-10/h1-2H,3-6H2. The van der Waals surface area contributed by atoms with Crippen molar-refractivity contribution in [2.45, 2.75) is 0 Å². The van der Waals surface area contributed by atoms with E-state index in [4.69, 9.17) is 4.74 Å². The van der Waals surface area contributed by atoms with E-state index in [-0.39, 0.29) is 0 Å². The first-order valence-corrected chi connectivity index (χ1v) is 5.71. The summed E-state index contributed by atoms with van der Waals surface area (Å²) in [6.45, 7) is 3.41. The predicted molar refractivity (Wildman–Crippen MR) is 59.3 cm³/mol. The summed E-state index contributed by atoms with van der Waals surface area (Å²) < 4.78 is 5.31. The predicted octanol–water partition coefficient (Wildman–Crippen LogP) is 1.33. The van der Waals surface area contributed by atoms with E-state index in [2.05, 4.69) is 20.4 Å². The number of aromatic nitrogens is 2. The fourth-order valence-corrected chi connectivity index (χ4v) is 2.26. The average Bonchev–Trinajstić information content (AvgIpc) is 2.77. The van der Waals surface area contributed by atoms with Crippen molar-refractivity contribution < 1.29 is 4.74 Å². The molecule has 0 atom stereocenters. The fourth-order valence-electron chi connectivity index (χ4n) is 1.67. The number of morpholine rings is 1. The Hall–Kier alpha value is -1.20. The van der Waals surface area contributed by atoms with Crippen LogP contribution >= 0.6 is 11.3 Å². The van der Waals surface area contributed by atoms with Crippen LogP contribution in [0.25, 0.3) is 10.3 Å². The van der Waals surface area contributed by atoms with E-state index in [0.29, 0.717) is 0 Å². The molecule has 0 unspecified atom stereocenters. The van der Waals surface area contributed by atoms with E-state index >= 15 is 0 Å². The molecule has 3 rings (SSSR count). The molecule has 4 nitrogen and oxygen atoms in total. The van der Waals surface area contributed by atoms with Gasteiger partial charge in [-0.2, -0.15) is 0 Å². The first-order valence-electron chi connectivity index (χ1n) is 4.90. The maximum Gasteiger partial charge on any atom is 0.155 e. The van der Waals surface area contributed by atoms with Gasteiger partial charge < -0.3 is 9.64 Å². The Labute approximate surface area is 91.5 Å². The molecule has 0 bridgehead atoms. The lowest BCUT2D eigenvalue weighted by Gasteiger charge is -2.27. The van der Waals surface area contributed by atoms with Crippen molar-refractivity contribution in [2.75, 3.05) is 31.2 Å². The molecule has 0 saturated carbocycles. The van der Waals surface area contributed by atoms with Crippen LogP contribution in [-0.4, -0.2) is 36.3 Å². The Bertz CT molecular complexity index is 464. The van der Waals surface area contributed by atoms with Gasteiger partial charge in [-0.25, -0.2) is 9.97 Å². The van der Waals surface area contributed by atoms with Crippen LogP contribution in [0.3, 0.4) is 0 Å².